The Hall–Kier alpha value is -1.23. The van der Waals surface area contributed by atoms with Crippen LogP contribution in [0.4, 0.5) is 5.82 Å². The average Bonchev–Trinajstić information content (AvgIpc) is 2.94. The molecular formula is C13H18Cl2N4. The molecule has 0 saturated carbocycles. The summed E-state index contributed by atoms with van der Waals surface area (Å²) in [4.78, 5) is 10.0. The minimum absolute atomic E-state index is 0. The van der Waals surface area contributed by atoms with E-state index in [4.69, 9.17) is 0 Å². The number of hydrogen-bond acceptors (Lipinski definition) is 3. The molecule has 0 aliphatic carbocycles. The molecule has 2 aromatic rings. The summed E-state index contributed by atoms with van der Waals surface area (Å²) in [6.07, 6.45) is 3.86. The van der Waals surface area contributed by atoms with Gasteiger partial charge in [0.15, 0.2) is 0 Å². The molecule has 1 aliphatic rings. The van der Waals surface area contributed by atoms with Gasteiger partial charge in [0.1, 0.15) is 5.82 Å². The molecule has 3 heterocycles. The Morgan fingerprint density at radius 1 is 1.05 bits per heavy atom. The summed E-state index contributed by atoms with van der Waals surface area (Å²) in [6.45, 7) is 4.16. The zero-order valence-electron chi connectivity index (χ0n) is 10.5. The molecule has 1 aliphatic heterocycles. The minimum atomic E-state index is 0. The highest BCUT2D eigenvalue weighted by atomic mass is 35.5. The molecule has 2 aromatic heterocycles. The van der Waals surface area contributed by atoms with Gasteiger partial charge in [-0.1, -0.05) is 0 Å². The van der Waals surface area contributed by atoms with Gasteiger partial charge in [-0.2, -0.15) is 0 Å². The summed E-state index contributed by atoms with van der Waals surface area (Å²) in [5, 5.41) is 3.34. The second-order valence-electron chi connectivity index (χ2n) is 4.23. The second kappa shape index (κ2) is 7.38. The Bertz CT molecular complexity index is 464. The van der Waals surface area contributed by atoms with E-state index in [-0.39, 0.29) is 24.8 Å². The first kappa shape index (κ1) is 15.8. The van der Waals surface area contributed by atoms with Gasteiger partial charge in [-0.3, -0.25) is 0 Å². The van der Waals surface area contributed by atoms with Crippen LogP contribution in [0.2, 0.25) is 0 Å². The lowest BCUT2D eigenvalue weighted by atomic mass is 10.2. The molecule has 0 aromatic carbocycles. The number of halogens is 2. The van der Waals surface area contributed by atoms with Crippen LogP contribution in [-0.4, -0.2) is 36.1 Å². The van der Waals surface area contributed by atoms with Crippen LogP contribution in [0.3, 0.4) is 0 Å². The summed E-state index contributed by atoms with van der Waals surface area (Å²) >= 11 is 0. The molecule has 19 heavy (non-hydrogen) atoms. The first-order valence-corrected chi connectivity index (χ1v) is 5.99. The highest BCUT2D eigenvalue weighted by Gasteiger charge is 2.11. The topological polar surface area (TPSA) is 44.0 Å². The summed E-state index contributed by atoms with van der Waals surface area (Å²) in [5.41, 5.74) is 2.25. The number of aromatic amines is 1. The van der Waals surface area contributed by atoms with E-state index in [1.54, 1.807) is 0 Å². The van der Waals surface area contributed by atoms with Crippen molar-refractivity contribution in [1.29, 1.82) is 0 Å². The Kier molecular flexibility index (Phi) is 6.15. The molecule has 1 saturated heterocycles. The second-order valence-corrected chi connectivity index (χ2v) is 4.23. The number of anilines is 1. The third kappa shape index (κ3) is 3.62. The van der Waals surface area contributed by atoms with E-state index >= 15 is 0 Å². The Morgan fingerprint density at radius 2 is 1.84 bits per heavy atom. The lowest BCUT2D eigenvalue weighted by molar-refractivity contribution is 0.585. The maximum Gasteiger partial charge on any atom is 0.128 e. The van der Waals surface area contributed by atoms with Gasteiger partial charge in [0.2, 0.25) is 0 Å². The number of rotatable bonds is 2. The van der Waals surface area contributed by atoms with Crippen molar-refractivity contribution in [3.63, 3.8) is 0 Å². The van der Waals surface area contributed by atoms with E-state index in [9.17, 15) is 0 Å². The first-order valence-electron chi connectivity index (χ1n) is 5.99. The van der Waals surface area contributed by atoms with Crippen LogP contribution >= 0.6 is 24.8 Å². The third-order valence-corrected chi connectivity index (χ3v) is 3.10. The quantitative estimate of drug-likeness (QED) is 0.895. The maximum absolute atomic E-state index is 4.54. The number of pyridine rings is 1. The minimum Gasteiger partial charge on any atom is -0.361 e. The fraction of sp³-hybridized carbons (Fsp3) is 0.308. The van der Waals surface area contributed by atoms with Crippen molar-refractivity contribution in [3.05, 3.63) is 36.7 Å². The molecule has 0 amide bonds. The summed E-state index contributed by atoms with van der Waals surface area (Å²) in [5.74, 6) is 1.07. The molecular weight excluding hydrogens is 283 g/mol. The molecule has 2 N–H and O–H groups in total. The van der Waals surface area contributed by atoms with E-state index in [0.717, 1.165) is 43.3 Å². The van der Waals surface area contributed by atoms with Crippen LogP contribution in [-0.2, 0) is 0 Å². The molecule has 3 rings (SSSR count). The van der Waals surface area contributed by atoms with Gasteiger partial charge >= 0.3 is 0 Å². The standard InChI is InChI=1S/C13H16N4.2ClH/c1-2-12(15-5-1)11-3-4-13(16-10-11)17-8-6-14-7-9-17;;/h1-5,10,14-15H,6-9H2;2*1H. The molecule has 0 spiro atoms. The van der Waals surface area contributed by atoms with Crippen LogP contribution in [0.1, 0.15) is 0 Å². The van der Waals surface area contributed by atoms with Crippen molar-refractivity contribution in [2.75, 3.05) is 31.1 Å². The molecule has 4 nitrogen and oxygen atoms in total. The van der Waals surface area contributed by atoms with Gasteiger partial charge in [0.25, 0.3) is 0 Å². The largest absolute Gasteiger partial charge is 0.361 e. The van der Waals surface area contributed by atoms with Gasteiger partial charge in [-0.05, 0) is 24.3 Å². The monoisotopic (exact) mass is 300 g/mol. The number of piperazine rings is 1. The van der Waals surface area contributed by atoms with Gasteiger partial charge < -0.3 is 15.2 Å². The maximum atomic E-state index is 4.54. The molecule has 104 valence electrons. The normalized spacial score (nSPS) is 14.4. The highest BCUT2D eigenvalue weighted by molar-refractivity contribution is 5.85. The van der Waals surface area contributed by atoms with Gasteiger partial charge in [0, 0.05) is 49.8 Å². The fourth-order valence-electron chi connectivity index (χ4n) is 2.14. The molecule has 1 fully saturated rings. The number of nitrogens with zero attached hydrogens (tertiary/aromatic N) is 2. The van der Waals surface area contributed by atoms with E-state index in [1.807, 2.05) is 18.5 Å². The summed E-state index contributed by atoms with van der Waals surface area (Å²) in [7, 11) is 0. The number of hydrogen-bond donors (Lipinski definition) is 2. The molecule has 0 atom stereocenters. The lowest BCUT2D eigenvalue weighted by Crippen LogP contribution is -2.43. The predicted octanol–water partition coefficient (Wildman–Crippen LogP) is 2.33. The third-order valence-electron chi connectivity index (χ3n) is 3.10. The number of nitrogens with one attached hydrogen (secondary N) is 2. The zero-order valence-corrected chi connectivity index (χ0v) is 12.1. The van der Waals surface area contributed by atoms with Crippen molar-refractivity contribution < 1.29 is 0 Å². The Morgan fingerprint density at radius 3 is 2.42 bits per heavy atom. The number of H-pyrrole nitrogens is 1. The van der Waals surface area contributed by atoms with E-state index in [0.29, 0.717) is 0 Å². The smallest absolute Gasteiger partial charge is 0.128 e. The van der Waals surface area contributed by atoms with Crippen molar-refractivity contribution in [2.45, 2.75) is 0 Å². The van der Waals surface area contributed by atoms with Gasteiger partial charge in [-0.25, -0.2) is 4.98 Å². The van der Waals surface area contributed by atoms with E-state index in [1.165, 1.54) is 0 Å². The molecule has 0 bridgehead atoms. The Labute approximate surface area is 125 Å². The van der Waals surface area contributed by atoms with Crippen molar-refractivity contribution >= 4 is 30.6 Å². The molecule has 0 unspecified atom stereocenters. The first-order chi connectivity index (χ1) is 8.43. The zero-order chi connectivity index (χ0) is 11.5. The van der Waals surface area contributed by atoms with Gasteiger partial charge in [0.05, 0.1) is 0 Å². The van der Waals surface area contributed by atoms with E-state index < -0.39 is 0 Å². The summed E-state index contributed by atoms with van der Waals surface area (Å²) in [6, 6.07) is 8.28. The molecule has 6 heteroatoms. The van der Waals surface area contributed by atoms with Crippen molar-refractivity contribution in [3.8, 4) is 11.3 Å². The number of aromatic nitrogens is 2. The van der Waals surface area contributed by atoms with Crippen LogP contribution < -0.4 is 10.2 Å². The van der Waals surface area contributed by atoms with E-state index in [2.05, 4.69) is 38.4 Å². The molecule has 0 radical (unpaired) electrons. The van der Waals surface area contributed by atoms with Crippen LogP contribution in [0.25, 0.3) is 11.3 Å². The van der Waals surface area contributed by atoms with Gasteiger partial charge in [-0.15, -0.1) is 24.8 Å². The predicted molar refractivity (Wildman–Crippen MR) is 83.6 cm³/mol. The van der Waals surface area contributed by atoms with Crippen LogP contribution in [0.5, 0.6) is 0 Å². The SMILES string of the molecule is Cl.Cl.c1c[nH]c(-c2ccc(N3CCNCC3)nc2)c1. The average molecular weight is 301 g/mol. The highest BCUT2D eigenvalue weighted by Crippen LogP contribution is 2.19. The Balaban J connectivity index is 0.000000902. The summed E-state index contributed by atoms with van der Waals surface area (Å²) < 4.78 is 0. The van der Waals surface area contributed by atoms with Crippen molar-refractivity contribution in [2.24, 2.45) is 0 Å². The van der Waals surface area contributed by atoms with Crippen molar-refractivity contribution in [1.82, 2.24) is 15.3 Å². The fourth-order valence-corrected chi connectivity index (χ4v) is 2.14. The lowest BCUT2D eigenvalue weighted by Gasteiger charge is -2.28. The van der Waals surface area contributed by atoms with Crippen LogP contribution in [0.15, 0.2) is 36.7 Å². The van der Waals surface area contributed by atoms with Crippen LogP contribution in [0, 0.1) is 0 Å².